The Bertz CT molecular complexity index is 1010. The molecule has 3 aromatic rings. The zero-order chi connectivity index (χ0) is 18.9. The predicted octanol–water partition coefficient (Wildman–Crippen LogP) is 2.18. The molecular formula is C19H20N4O3S. The molecule has 4 rings (SSSR count). The van der Waals surface area contributed by atoms with Crippen molar-refractivity contribution in [2.24, 2.45) is 0 Å². The molecule has 0 saturated carbocycles. The van der Waals surface area contributed by atoms with Gasteiger partial charge in [-0.15, -0.1) is 0 Å². The fourth-order valence-corrected chi connectivity index (χ4v) is 4.28. The molecule has 1 aliphatic rings. The van der Waals surface area contributed by atoms with E-state index in [2.05, 4.69) is 15.0 Å². The molecule has 27 heavy (non-hydrogen) atoms. The first-order valence-electron chi connectivity index (χ1n) is 8.65. The Balaban J connectivity index is 1.50. The van der Waals surface area contributed by atoms with Crippen LogP contribution in [0, 0.1) is 0 Å². The summed E-state index contributed by atoms with van der Waals surface area (Å²) in [4.78, 5) is 6.31. The van der Waals surface area contributed by atoms with Gasteiger partial charge in [-0.25, -0.2) is 18.1 Å². The number of anilines is 1. The molecule has 0 spiro atoms. The number of hydrogen-bond donors (Lipinski definition) is 0. The highest BCUT2D eigenvalue weighted by atomic mass is 32.2. The number of methoxy groups -OCH3 is 1. The fraction of sp³-hybridized carbons (Fsp3) is 0.263. The van der Waals surface area contributed by atoms with E-state index in [4.69, 9.17) is 4.74 Å². The monoisotopic (exact) mass is 384 g/mol. The lowest BCUT2D eigenvalue weighted by Gasteiger charge is -2.28. The van der Waals surface area contributed by atoms with Gasteiger partial charge in [0.15, 0.2) is 9.84 Å². The topological polar surface area (TPSA) is 77.3 Å². The van der Waals surface area contributed by atoms with Gasteiger partial charge in [0.2, 0.25) is 5.88 Å². The molecule has 1 aliphatic heterocycles. The second-order valence-electron chi connectivity index (χ2n) is 6.42. The van der Waals surface area contributed by atoms with E-state index < -0.39 is 9.84 Å². The molecule has 140 valence electrons. The molecule has 0 aliphatic carbocycles. The van der Waals surface area contributed by atoms with E-state index in [1.165, 1.54) is 0 Å². The molecule has 0 unspecified atom stereocenters. The first kappa shape index (κ1) is 17.5. The summed E-state index contributed by atoms with van der Waals surface area (Å²) in [7, 11) is -1.28. The van der Waals surface area contributed by atoms with Crippen molar-refractivity contribution in [1.29, 1.82) is 0 Å². The molecule has 1 fully saturated rings. The number of aromatic nitrogens is 3. The lowest BCUT2D eigenvalue weighted by molar-refractivity contribution is 0.397. The Morgan fingerprint density at radius 2 is 1.63 bits per heavy atom. The minimum Gasteiger partial charge on any atom is -0.481 e. The zero-order valence-corrected chi connectivity index (χ0v) is 15.8. The normalized spacial score (nSPS) is 16.3. The largest absolute Gasteiger partial charge is 0.481 e. The molecule has 1 saturated heterocycles. The average Bonchev–Trinajstić information content (AvgIpc) is 3.18. The molecule has 8 heteroatoms. The summed E-state index contributed by atoms with van der Waals surface area (Å²) in [5.74, 6) is 1.00. The van der Waals surface area contributed by atoms with Crippen molar-refractivity contribution < 1.29 is 13.2 Å². The summed E-state index contributed by atoms with van der Waals surface area (Å²) in [6.07, 6.45) is 5.47. The Morgan fingerprint density at radius 1 is 0.926 bits per heavy atom. The van der Waals surface area contributed by atoms with Gasteiger partial charge < -0.3 is 9.64 Å². The standard InChI is InChI=1S/C19H20N4O3S/c1-26-19-7-6-18(13-20-19)23-14-16(12-21-23)15-2-4-17(5-3-15)22-8-10-27(24,25)11-9-22/h2-7,12-14H,8-11H2,1H3. The smallest absolute Gasteiger partial charge is 0.213 e. The number of benzene rings is 1. The summed E-state index contributed by atoms with van der Waals surface area (Å²) in [6, 6.07) is 11.8. The summed E-state index contributed by atoms with van der Waals surface area (Å²) < 4.78 is 30.0. The van der Waals surface area contributed by atoms with E-state index in [-0.39, 0.29) is 11.5 Å². The van der Waals surface area contributed by atoms with Gasteiger partial charge in [0.25, 0.3) is 0 Å². The van der Waals surface area contributed by atoms with Crippen LogP contribution in [0.2, 0.25) is 0 Å². The van der Waals surface area contributed by atoms with Crippen LogP contribution in [0.15, 0.2) is 55.0 Å². The van der Waals surface area contributed by atoms with E-state index in [0.717, 1.165) is 22.5 Å². The number of rotatable bonds is 4. The van der Waals surface area contributed by atoms with Gasteiger partial charge in [-0.3, -0.25) is 0 Å². The number of hydrogen-bond acceptors (Lipinski definition) is 6. The van der Waals surface area contributed by atoms with Crippen LogP contribution in [0.5, 0.6) is 5.88 Å². The van der Waals surface area contributed by atoms with E-state index in [0.29, 0.717) is 19.0 Å². The van der Waals surface area contributed by atoms with Crippen molar-refractivity contribution in [3.63, 3.8) is 0 Å². The van der Waals surface area contributed by atoms with Gasteiger partial charge in [0.1, 0.15) is 0 Å². The van der Waals surface area contributed by atoms with Crippen LogP contribution in [0.1, 0.15) is 0 Å². The maximum atomic E-state index is 11.6. The highest BCUT2D eigenvalue weighted by molar-refractivity contribution is 7.91. The van der Waals surface area contributed by atoms with Crippen molar-refractivity contribution in [1.82, 2.24) is 14.8 Å². The minimum atomic E-state index is -2.87. The molecule has 3 heterocycles. The van der Waals surface area contributed by atoms with Crippen molar-refractivity contribution in [2.45, 2.75) is 0 Å². The maximum Gasteiger partial charge on any atom is 0.213 e. The van der Waals surface area contributed by atoms with Crippen LogP contribution >= 0.6 is 0 Å². The van der Waals surface area contributed by atoms with Crippen molar-refractivity contribution >= 4 is 15.5 Å². The third-order valence-electron chi connectivity index (χ3n) is 4.69. The number of ether oxygens (including phenoxy) is 1. The molecule has 1 aromatic carbocycles. The minimum absolute atomic E-state index is 0.220. The number of pyridine rings is 1. The summed E-state index contributed by atoms with van der Waals surface area (Å²) in [5.41, 5.74) is 3.95. The van der Waals surface area contributed by atoms with E-state index in [1.54, 1.807) is 24.1 Å². The lowest BCUT2D eigenvalue weighted by atomic mass is 10.1. The van der Waals surface area contributed by atoms with Crippen LogP contribution in [-0.4, -0.2) is 54.9 Å². The Kier molecular flexibility index (Phi) is 4.57. The second-order valence-corrected chi connectivity index (χ2v) is 8.72. The predicted molar refractivity (Wildman–Crippen MR) is 104 cm³/mol. The average molecular weight is 384 g/mol. The van der Waals surface area contributed by atoms with Crippen LogP contribution in [0.3, 0.4) is 0 Å². The van der Waals surface area contributed by atoms with Gasteiger partial charge in [-0.05, 0) is 23.8 Å². The Hall–Kier alpha value is -2.87. The molecule has 0 N–H and O–H groups in total. The van der Waals surface area contributed by atoms with E-state index in [1.807, 2.05) is 42.7 Å². The summed E-state index contributed by atoms with van der Waals surface area (Å²) in [5, 5.41) is 4.41. The highest BCUT2D eigenvalue weighted by Crippen LogP contribution is 2.25. The van der Waals surface area contributed by atoms with Crippen LogP contribution in [0.25, 0.3) is 16.8 Å². The number of sulfone groups is 1. The fourth-order valence-electron chi connectivity index (χ4n) is 3.08. The quantitative estimate of drug-likeness (QED) is 0.686. The van der Waals surface area contributed by atoms with Crippen LogP contribution in [-0.2, 0) is 9.84 Å². The summed E-state index contributed by atoms with van der Waals surface area (Å²) >= 11 is 0. The van der Waals surface area contributed by atoms with Crippen molar-refractivity contribution in [3.05, 3.63) is 55.0 Å². The molecule has 2 aromatic heterocycles. The van der Waals surface area contributed by atoms with E-state index >= 15 is 0 Å². The van der Waals surface area contributed by atoms with Crippen LogP contribution < -0.4 is 9.64 Å². The maximum absolute atomic E-state index is 11.6. The first-order valence-corrected chi connectivity index (χ1v) is 10.5. The molecular weight excluding hydrogens is 364 g/mol. The third-order valence-corrected chi connectivity index (χ3v) is 6.30. The number of nitrogens with zero attached hydrogens (tertiary/aromatic N) is 4. The molecule has 0 bridgehead atoms. The molecule has 0 radical (unpaired) electrons. The van der Waals surface area contributed by atoms with Crippen LogP contribution in [0.4, 0.5) is 5.69 Å². The van der Waals surface area contributed by atoms with E-state index in [9.17, 15) is 8.42 Å². The second kappa shape index (κ2) is 7.03. The zero-order valence-electron chi connectivity index (χ0n) is 14.9. The van der Waals surface area contributed by atoms with Gasteiger partial charge >= 0.3 is 0 Å². The van der Waals surface area contributed by atoms with Gasteiger partial charge in [0, 0.05) is 36.6 Å². The van der Waals surface area contributed by atoms with Gasteiger partial charge in [-0.1, -0.05) is 12.1 Å². The third kappa shape index (κ3) is 3.80. The highest BCUT2D eigenvalue weighted by Gasteiger charge is 2.21. The SMILES string of the molecule is COc1ccc(-n2cc(-c3ccc(N4CCS(=O)(=O)CC4)cc3)cn2)cn1. The molecule has 7 nitrogen and oxygen atoms in total. The Labute approximate surface area is 158 Å². The molecule has 0 amide bonds. The van der Waals surface area contributed by atoms with Crippen molar-refractivity contribution in [2.75, 3.05) is 36.6 Å². The summed E-state index contributed by atoms with van der Waals surface area (Å²) in [6.45, 7) is 1.09. The Morgan fingerprint density at radius 3 is 2.26 bits per heavy atom. The first-order chi connectivity index (χ1) is 13.0. The molecule has 0 atom stereocenters. The van der Waals surface area contributed by atoms with Gasteiger partial charge in [0.05, 0.1) is 36.7 Å². The lowest BCUT2D eigenvalue weighted by Crippen LogP contribution is -2.40. The van der Waals surface area contributed by atoms with Gasteiger partial charge in [-0.2, -0.15) is 5.10 Å². The van der Waals surface area contributed by atoms with Crippen molar-refractivity contribution in [3.8, 4) is 22.7 Å².